The van der Waals surface area contributed by atoms with Gasteiger partial charge in [-0.1, -0.05) is 19.8 Å². The molecule has 1 saturated carbocycles. The summed E-state index contributed by atoms with van der Waals surface area (Å²) in [5, 5.41) is 0. The Morgan fingerprint density at radius 3 is 2.88 bits per heavy atom. The molecule has 0 aromatic heterocycles. The van der Waals surface area contributed by atoms with Crippen LogP contribution >= 0.6 is 0 Å². The minimum Gasteiger partial charge on any atom is -0.0654 e. The Balaban J connectivity index is 2.03. The predicted octanol–water partition coefficient (Wildman–Crippen LogP) is 2.46. The molecule has 2 atom stereocenters. The highest BCUT2D eigenvalue weighted by Crippen LogP contribution is 2.36. The normalized spacial score (nSPS) is 23.2. The van der Waals surface area contributed by atoms with Crippen LogP contribution in [0.2, 0.25) is 0 Å². The quantitative estimate of drug-likeness (QED) is 0.523. The zero-order valence-electron chi connectivity index (χ0n) is 5.56. The Kier molecular flexibility index (Phi) is 1.93. The van der Waals surface area contributed by atoms with E-state index in [4.69, 9.17) is 0 Å². The zero-order valence-corrected chi connectivity index (χ0v) is 5.56. The first kappa shape index (κ1) is 6.12. The van der Waals surface area contributed by atoms with Gasteiger partial charge in [-0.05, 0) is 31.6 Å². The first-order valence-electron chi connectivity index (χ1n) is 3.51. The topological polar surface area (TPSA) is 0 Å². The molecule has 1 aliphatic rings. The number of hydrogen-bond donors (Lipinski definition) is 0. The standard InChI is InChI=1S/C8H14/c1-3-4-7(2)8-5-6-8/h5,7-8H,2-4,6H2,1H3. The van der Waals surface area contributed by atoms with Crippen LogP contribution in [0.4, 0.5) is 0 Å². The van der Waals surface area contributed by atoms with Crippen LogP contribution in [0.3, 0.4) is 0 Å². The fourth-order valence-electron chi connectivity index (χ4n) is 1.05. The van der Waals surface area contributed by atoms with Gasteiger partial charge in [-0.25, -0.2) is 0 Å². The van der Waals surface area contributed by atoms with Gasteiger partial charge in [0.1, 0.15) is 0 Å². The maximum absolute atomic E-state index is 4.06. The van der Waals surface area contributed by atoms with Crippen LogP contribution < -0.4 is 0 Å². The summed E-state index contributed by atoms with van der Waals surface area (Å²) < 4.78 is 0. The molecule has 2 unspecified atom stereocenters. The van der Waals surface area contributed by atoms with Crippen molar-refractivity contribution in [3.63, 3.8) is 0 Å². The van der Waals surface area contributed by atoms with E-state index in [0.29, 0.717) is 0 Å². The average molecular weight is 110 g/mol. The molecule has 0 heterocycles. The van der Waals surface area contributed by atoms with Gasteiger partial charge < -0.3 is 0 Å². The molecule has 0 bridgehead atoms. The molecule has 1 aliphatic carbocycles. The van der Waals surface area contributed by atoms with Gasteiger partial charge in [0, 0.05) is 0 Å². The number of rotatable bonds is 3. The monoisotopic (exact) mass is 110 g/mol. The summed E-state index contributed by atoms with van der Waals surface area (Å²) in [5.74, 6) is 1.61. The Labute approximate surface area is 52.3 Å². The third-order valence-corrected chi connectivity index (χ3v) is 1.77. The van der Waals surface area contributed by atoms with E-state index in [1.807, 2.05) is 0 Å². The van der Waals surface area contributed by atoms with E-state index >= 15 is 0 Å². The molecule has 46 valence electrons. The number of hydrogen-bond acceptors (Lipinski definition) is 0. The predicted molar refractivity (Wildman–Crippen MR) is 36.2 cm³/mol. The van der Waals surface area contributed by atoms with Crippen LogP contribution in [0.5, 0.6) is 0 Å². The highest BCUT2D eigenvalue weighted by atomic mass is 14.3. The summed E-state index contributed by atoms with van der Waals surface area (Å²) >= 11 is 0. The lowest BCUT2D eigenvalue weighted by Crippen LogP contribution is -1.95. The molecule has 0 saturated heterocycles. The van der Waals surface area contributed by atoms with E-state index < -0.39 is 0 Å². The molecule has 0 nitrogen and oxygen atoms in total. The van der Waals surface area contributed by atoms with Gasteiger partial charge in [0.05, 0.1) is 0 Å². The van der Waals surface area contributed by atoms with Crippen molar-refractivity contribution < 1.29 is 0 Å². The Morgan fingerprint density at radius 2 is 2.50 bits per heavy atom. The second-order valence-electron chi connectivity index (χ2n) is 2.68. The van der Waals surface area contributed by atoms with Gasteiger partial charge in [0.2, 0.25) is 0 Å². The maximum Gasteiger partial charge on any atom is -0.0349 e. The molecule has 0 aromatic rings. The van der Waals surface area contributed by atoms with Crippen molar-refractivity contribution in [3.05, 3.63) is 13.3 Å². The maximum atomic E-state index is 4.06. The minimum atomic E-state index is 0.722. The Morgan fingerprint density at radius 1 is 1.88 bits per heavy atom. The van der Waals surface area contributed by atoms with Crippen LogP contribution in [0.1, 0.15) is 26.2 Å². The summed E-state index contributed by atoms with van der Waals surface area (Å²) in [5.41, 5.74) is 0. The summed E-state index contributed by atoms with van der Waals surface area (Å²) in [6.45, 7) is 6.28. The van der Waals surface area contributed by atoms with Crippen molar-refractivity contribution >= 4 is 0 Å². The van der Waals surface area contributed by atoms with Crippen molar-refractivity contribution in [2.75, 3.05) is 0 Å². The fraction of sp³-hybridized carbons (Fsp3) is 0.750. The van der Waals surface area contributed by atoms with Crippen LogP contribution in [-0.2, 0) is 0 Å². The van der Waals surface area contributed by atoms with Gasteiger partial charge in [-0.3, -0.25) is 0 Å². The molecule has 1 fully saturated rings. The second-order valence-corrected chi connectivity index (χ2v) is 2.68. The molecule has 2 radical (unpaired) electrons. The van der Waals surface area contributed by atoms with Crippen molar-refractivity contribution in [1.82, 2.24) is 0 Å². The summed E-state index contributed by atoms with van der Waals surface area (Å²) in [4.78, 5) is 0. The van der Waals surface area contributed by atoms with Crippen molar-refractivity contribution in [3.8, 4) is 0 Å². The fourth-order valence-corrected chi connectivity index (χ4v) is 1.05. The van der Waals surface area contributed by atoms with Crippen LogP contribution in [0.15, 0.2) is 0 Å². The van der Waals surface area contributed by atoms with Crippen molar-refractivity contribution in [1.29, 1.82) is 0 Å². The summed E-state index contributed by atoms with van der Waals surface area (Å²) in [6.07, 6.45) is 6.28. The van der Waals surface area contributed by atoms with E-state index in [2.05, 4.69) is 20.3 Å². The third kappa shape index (κ3) is 1.50. The van der Waals surface area contributed by atoms with Gasteiger partial charge in [0.25, 0.3) is 0 Å². The lowest BCUT2D eigenvalue weighted by Gasteiger charge is -2.04. The van der Waals surface area contributed by atoms with Gasteiger partial charge >= 0.3 is 0 Å². The highest BCUT2D eigenvalue weighted by molar-refractivity contribution is 4.99. The molecule has 0 amide bonds. The van der Waals surface area contributed by atoms with E-state index in [1.54, 1.807) is 0 Å². The highest BCUT2D eigenvalue weighted by Gasteiger charge is 2.27. The minimum absolute atomic E-state index is 0.722. The van der Waals surface area contributed by atoms with Crippen LogP contribution in [0.25, 0.3) is 0 Å². The van der Waals surface area contributed by atoms with E-state index in [-0.39, 0.29) is 0 Å². The molecular weight excluding hydrogens is 96.1 g/mol. The zero-order chi connectivity index (χ0) is 5.98. The largest absolute Gasteiger partial charge is 0.0654 e. The van der Waals surface area contributed by atoms with Crippen molar-refractivity contribution in [2.45, 2.75) is 26.2 Å². The molecule has 0 aromatic carbocycles. The van der Waals surface area contributed by atoms with Gasteiger partial charge in [0.15, 0.2) is 0 Å². The van der Waals surface area contributed by atoms with E-state index in [0.717, 1.165) is 11.8 Å². The molecule has 1 rings (SSSR count). The van der Waals surface area contributed by atoms with E-state index in [1.165, 1.54) is 19.3 Å². The van der Waals surface area contributed by atoms with Gasteiger partial charge in [-0.2, -0.15) is 0 Å². The van der Waals surface area contributed by atoms with Crippen LogP contribution in [-0.4, -0.2) is 0 Å². The SMILES string of the molecule is [CH2]C(CCC)C1[CH]C1. The Hall–Kier alpha value is 0. The molecule has 0 N–H and O–H groups in total. The molecule has 0 heteroatoms. The van der Waals surface area contributed by atoms with Crippen LogP contribution in [0, 0.1) is 25.2 Å². The Bertz CT molecular complexity index is 62.4. The first-order chi connectivity index (χ1) is 3.84. The van der Waals surface area contributed by atoms with Crippen molar-refractivity contribution in [2.24, 2.45) is 11.8 Å². The second kappa shape index (κ2) is 2.52. The lowest BCUT2D eigenvalue weighted by molar-refractivity contribution is 0.525. The average Bonchev–Trinajstić information content (AvgIpc) is 2.45. The van der Waals surface area contributed by atoms with Gasteiger partial charge in [-0.15, -0.1) is 0 Å². The first-order valence-corrected chi connectivity index (χ1v) is 3.51. The third-order valence-electron chi connectivity index (χ3n) is 1.77. The molecule has 0 aliphatic heterocycles. The molecule has 0 spiro atoms. The smallest absolute Gasteiger partial charge is 0.0349 e. The lowest BCUT2D eigenvalue weighted by atomic mass is 10.0. The van der Waals surface area contributed by atoms with E-state index in [9.17, 15) is 0 Å². The summed E-state index contributed by atoms with van der Waals surface area (Å²) in [6, 6.07) is 0. The molecular formula is C8H14. The molecule has 8 heavy (non-hydrogen) atoms. The summed E-state index contributed by atoms with van der Waals surface area (Å²) in [7, 11) is 0.